The summed E-state index contributed by atoms with van der Waals surface area (Å²) < 4.78 is 20.4. The van der Waals surface area contributed by atoms with Gasteiger partial charge in [0.05, 0.1) is 20.6 Å². The summed E-state index contributed by atoms with van der Waals surface area (Å²) in [6.45, 7) is 18.1. The van der Waals surface area contributed by atoms with E-state index in [4.69, 9.17) is 20.9 Å². The minimum atomic E-state index is -1.66. The van der Waals surface area contributed by atoms with Crippen molar-refractivity contribution in [3.8, 4) is 0 Å². The average molecular weight is 851 g/mol. The van der Waals surface area contributed by atoms with E-state index in [0.29, 0.717) is 22.7 Å². The van der Waals surface area contributed by atoms with Gasteiger partial charge in [-0.3, -0.25) is 8.37 Å². The maximum Gasteiger partial charge on any atom is 0.180 e. The molecule has 0 saturated heterocycles. The zero-order chi connectivity index (χ0) is 43.4. The lowest BCUT2D eigenvalue weighted by Crippen LogP contribution is -2.51. The highest BCUT2D eigenvalue weighted by atomic mass is 32.3. The first-order valence-corrected chi connectivity index (χ1v) is 28.6. The Morgan fingerprint density at radius 2 is 1.43 bits per heavy atom. The van der Waals surface area contributed by atoms with Crippen molar-refractivity contribution in [1.82, 2.24) is 0 Å². The lowest BCUT2D eigenvalue weighted by Gasteiger charge is -2.58. The Labute approximate surface area is 377 Å². The largest absolute Gasteiger partial charge is 0.347 e. The number of fused-ring (bicyclic) bond motifs is 5. The Bertz CT molecular complexity index is 1260. The zero-order valence-electron chi connectivity index (χ0n) is 41.3. The summed E-state index contributed by atoms with van der Waals surface area (Å²) in [6, 6.07) is 0. The van der Waals surface area contributed by atoms with E-state index in [9.17, 15) is 0 Å². The van der Waals surface area contributed by atoms with Crippen LogP contribution in [0.5, 0.6) is 0 Å². The minimum Gasteiger partial charge on any atom is -0.347 e. The van der Waals surface area contributed by atoms with Gasteiger partial charge in [0, 0.05) is 18.9 Å². The molecule has 346 valence electrons. The highest BCUT2D eigenvalue weighted by Crippen LogP contribution is 2.67. The highest BCUT2D eigenvalue weighted by molar-refractivity contribution is 8.24. The number of unbranched alkanes of at least 4 members (excludes halogenated alkanes) is 14. The van der Waals surface area contributed by atoms with Crippen molar-refractivity contribution in [1.29, 1.82) is 0 Å². The summed E-state index contributed by atoms with van der Waals surface area (Å²) >= 11 is 0. The van der Waals surface area contributed by atoms with Crippen LogP contribution in [0, 0.1) is 52.3 Å². The normalized spacial score (nSPS) is 30.0. The van der Waals surface area contributed by atoms with E-state index in [1.165, 1.54) is 135 Å². The number of allylic oxidation sites excluding steroid dienone is 5. The van der Waals surface area contributed by atoms with Crippen LogP contribution in [0.15, 0.2) is 36.0 Å². The van der Waals surface area contributed by atoms with Crippen molar-refractivity contribution in [3.63, 3.8) is 0 Å². The van der Waals surface area contributed by atoms with E-state index in [1.54, 1.807) is 5.57 Å². The maximum absolute atomic E-state index is 7.07. The van der Waals surface area contributed by atoms with Crippen LogP contribution in [-0.4, -0.2) is 39.4 Å². The molecular weight excluding hydrogens is 751 g/mol. The Kier molecular flexibility index (Phi) is 23.6. The molecule has 3 nitrogen and oxygen atoms in total. The molecular formula is C55H99BO3S. The second-order valence-corrected chi connectivity index (χ2v) is 24.3. The predicted octanol–water partition coefficient (Wildman–Crippen LogP) is 17.3. The molecule has 3 saturated carbocycles. The number of hydrogen-bond acceptors (Lipinski definition) is 3. The summed E-state index contributed by atoms with van der Waals surface area (Å²) in [5.41, 5.74) is 2.54. The molecule has 5 heteroatoms. The lowest BCUT2D eigenvalue weighted by atomic mass is 9.47. The van der Waals surface area contributed by atoms with Gasteiger partial charge in [-0.2, -0.15) is 10.6 Å². The molecule has 0 heterocycles. The van der Waals surface area contributed by atoms with E-state index < -0.39 is 10.6 Å². The molecule has 0 spiro atoms. The second-order valence-electron chi connectivity index (χ2n) is 21.6. The minimum absolute atomic E-state index is 0.182. The fourth-order valence-corrected chi connectivity index (χ4v) is 14.0. The molecule has 0 aromatic heterocycles. The molecule has 10 unspecified atom stereocenters. The summed E-state index contributed by atoms with van der Waals surface area (Å²) in [7, 11) is 4.06. The van der Waals surface area contributed by atoms with Crippen molar-refractivity contribution in [3.05, 3.63) is 36.0 Å². The van der Waals surface area contributed by atoms with Crippen LogP contribution in [0.3, 0.4) is 0 Å². The quantitative estimate of drug-likeness (QED) is 0.0301. The van der Waals surface area contributed by atoms with Crippen molar-refractivity contribution in [2.24, 2.45) is 52.3 Å². The predicted molar refractivity (Wildman–Crippen MR) is 266 cm³/mol. The molecule has 4 aliphatic rings. The zero-order valence-corrected chi connectivity index (χ0v) is 42.1. The first-order chi connectivity index (χ1) is 28.9. The van der Waals surface area contributed by atoms with Gasteiger partial charge in [-0.05, 0) is 149 Å². The smallest absolute Gasteiger partial charge is 0.180 e. The average Bonchev–Trinajstić information content (AvgIpc) is 3.58. The van der Waals surface area contributed by atoms with E-state index >= 15 is 0 Å². The topological polar surface area (TPSA) is 27.7 Å². The van der Waals surface area contributed by atoms with Gasteiger partial charge in [-0.25, -0.2) is 0 Å². The van der Waals surface area contributed by atoms with E-state index in [0.717, 1.165) is 81.0 Å². The summed E-state index contributed by atoms with van der Waals surface area (Å²) in [6.07, 6.45) is 52.5. The Morgan fingerprint density at radius 1 is 0.767 bits per heavy atom. The molecule has 0 aromatic rings. The van der Waals surface area contributed by atoms with Crippen molar-refractivity contribution in [2.75, 3.05) is 19.1 Å². The third kappa shape index (κ3) is 15.9. The Balaban J connectivity index is 1.29. The van der Waals surface area contributed by atoms with Crippen LogP contribution in [0.4, 0.5) is 0 Å². The third-order valence-corrected chi connectivity index (χ3v) is 18.0. The van der Waals surface area contributed by atoms with Gasteiger partial charge < -0.3 is 4.74 Å². The van der Waals surface area contributed by atoms with E-state index in [-0.39, 0.29) is 12.4 Å². The maximum atomic E-state index is 7.07. The molecule has 4 aliphatic carbocycles. The van der Waals surface area contributed by atoms with Crippen molar-refractivity contribution >= 4 is 18.4 Å². The van der Waals surface area contributed by atoms with Gasteiger partial charge >= 0.3 is 0 Å². The van der Waals surface area contributed by atoms with Gasteiger partial charge in [0.15, 0.2) is 6.29 Å². The Morgan fingerprint density at radius 3 is 2.12 bits per heavy atom. The second kappa shape index (κ2) is 27.1. The number of ether oxygens (including phenoxy) is 1. The molecule has 0 amide bonds. The standard InChI is InChI=1S/C55H99BO3S/c1-10-12-13-14-15-16-17-18-19-20-21-22-23-24-27-30-53(59-60(8,9)57-42-29-26-25-28-41-56)58-48-37-39-54(6)47(43-48)33-34-49-51-36-35-50(55(51,7)40-38-52(49)54)45(5)31-32-46(11-2)44(3)4/h18-19,31-33,44-46,48-53H,10-17,20-30,34-43H2,1-9H3/b19-18-,32-31+. The highest BCUT2D eigenvalue weighted by Gasteiger charge is 2.59. The molecule has 0 aliphatic heterocycles. The van der Waals surface area contributed by atoms with Crippen molar-refractivity contribution in [2.45, 2.75) is 241 Å². The fourth-order valence-electron chi connectivity index (χ4n) is 12.8. The molecule has 4 rings (SSSR count). The summed E-state index contributed by atoms with van der Waals surface area (Å²) in [4.78, 5) is 0. The van der Waals surface area contributed by atoms with Crippen LogP contribution in [0.1, 0.15) is 222 Å². The van der Waals surface area contributed by atoms with Gasteiger partial charge in [0.25, 0.3) is 0 Å². The van der Waals surface area contributed by atoms with E-state index in [1.807, 2.05) is 0 Å². The molecule has 0 N–H and O–H groups in total. The van der Waals surface area contributed by atoms with Crippen LogP contribution in [0.2, 0.25) is 6.32 Å². The summed E-state index contributed by atoms with van der Waals surface area (Å²) in [5, 5.41) is 0. The first kappa shape index (κ1) is 52.1. The fraction of sp³-hybridized carbons (Fsp3) is 0.891. The molecule has 60 heavy (non-hydrogen) atoms. The van der Waals surface area contributed by atoms with Gasteiger partial charge in [-0.15, -0.1) is 0 Å². The molecule has 10 atom stereocenters. The van der Waals surface area contributed by atoms with Crippen LogP contribution in [-0.2, 0) is 13.1 Å². The third-order valence-electron chi connectivity index (χ3n) is 16.6. The number of hydrogen-bond donors (Lipinski definition) is 0. The lowest BCUT2D eigenvalue weighted by molar-refractivity contribution is -0.137. The molecule has 0 bridgehead atoms. The van der Waals surface area contributed by atoms with Gasteiger partial charge in [-0.1, -0.05) is 161 Å². The molecule has 3 fully saturated rings. The summed E-state index contributed by atoms with van der Waals surface area (Å²) in [5.74, 6) is 5.52. The van der Waals surface area contributed by atoms with Crippen LogP contribution < -0.4 is 0 Å². The van der Waals surface area contributed by atoms with Crippen molar-refractivity contribution < 1.29 is 13.1 Å². The molecule has 0 aromatic carbocycles. The van der Waals surface area contributed by atoms with Crippen LogP contribution >= 0.6 is 10.6 Å². The first-order valence-electron chi connectivity index (χ1n) is 26.3. The molecule has 2 radical (unpaired) electrons. The van der Waals surface area contributed by atoms with Crippen LogP contribution in [0.25, 0.3) is 0 Å². The van der Waals surface area contributed by atoms with Gasteiger partial charge in [0.2, 0.25) is 0 Å². The van der Waals surface area contributed by atoms with E-state index in [2.05, 4.69) is 91.4 Å². The SMILES string of the molecule is [B]CCCCCCOS(C)(C)OC(CCCCCCC/C=C\CCCCCCCC)OC1CCC2(C)C(=CCC3C2CCC2(C)C(C(C)/C=C/C(CC)C(C)C)CCC32)C1. The Hall–Kier alpha value is -0.485. The van der Waals surface area contributed by atoms with Gasteiger partial charge in [0.1, 0.15) is 0 Å². The monoisotopic (exact) mass is 851 g/mol. The number of rotatable bonds is 31.